The Bertz CT molecular complexity index is 2510. The average Bonchev–Trinajstić information content (AvgIpc) is 3.62. The predicted molar refractivity (Wildman–Crippen MR) is 187 cm³/mol. The van der Waals surface area contributed by atoms with Crippen LogP contribution in [-0.2, 0) is 0 Å². The first-order chi connectivity index (χ1) is 22.3. The van der Waals surface area contributed by atoms with Crippen LogP contribution in [0.2, 0.25) is 0 Å². The third-order valence-corrected chi connectivity index (χ3v) is 9.38. The van der Waals surface area contributed by atoms with Crippen molar-refractivity contribution in [2.45, 2.75) is 0 Å². The standard InChI is InChI=1S/C41H26N4/c1-2-10-28-27(9-1)30-13-7-14-31-33(23-22-32(28)38(30)31)39-35-12-3-5-16-36(35)43-40(44-39)25-18-20-26(21-19-25)45-37-17-6-4-11-29(37)34-15-8-24-42-41(34)45/h1-23,42H,24H2. The van der Waals surface area contributed by atoms with Gasteiger partial charge in [0.2, 0.25) is 0 Å². The molecule has 2 aromatic heterocycles. The molecule has 4 heteroatoms. The summed E-state index contributed by atoms with van der Waals surface area (Å²) in [7, 11) is 0. The Labute approximate surface area is 260 Å². The van der Waals surface area contributed by atoms with E-state index in [0.717, 1.165) is 51.6 Å². The van der Waals surface area contributed by atoms with Crippen molar-refractivity contribution < 1.29 is 0 Å². The van der Waals surface area contributed by atoms with Gasteiger partial charge in [-0.1, -0.05) is 103 Å². The van der Waals surface area contributed by atoms with Crippen LogP contribution in [-0.4, -0.2) is 21.1 Å². The van der Waals surface area contributed by atoms with Crippen molar-refractivity contribution in [1.82, 2.24) is 14.5 Å². The van der Waals surface area contributed by atoms with Crippen LogP contribution in [0.25, 0.3) is 89.2 Å². The van der Waals surface area contributed by atoms with Crippen LogP contribution in [0.15, 0.2) is 133 Å². The van der Waals surface area contributed by atoms with Gasteiger partial charge in [0, 0.05) is 39.7 Å². The molecular formula is C41H26N4. The Kier molecular flexibility index (Phi) is 5.02. The Morgan fingerprint density at radius 1 is 0.556 bits per heavy atom. The van der Waals surface area contributed by atoms with Crippen molar-refractivity contribution >= 4 is 44.5 Å². The highest BCUT2D eigenvalue weighted by molar-refractivity contribution is 6.19. The molecule has 210 valence electrons. The molecule has 2 aliphatic rings. The van der Waals surface area contributed by atoms with E-state index in [-0.39, 0.29) is 0 Å². The van der Waals surface area contributed by atoms with Crippen molar-refractivity contribution in [3.05, 3.63) is 139 Å². The van der Waals surface area contributed by atoms with E-state index in [2.05, 4.69) is 149 Å². The Balaban J connectivity index is 1.14. The number of nitrogens with one attached hydrogen (secondary N) is 1. The lowest BCUT2D eigenvalue weighted by atomic mass is 9.95. The van der Waals surface area contributed by atoms with E-state index in [0.29, 0.717) is 0 Å². The summed E-state index contributed by atoms with van der Waals surface area (Å²) in [6, 6.07) is 45.5. The van der Waals surface area contributed by atoms with Crippen LogP contribution in [0.1, 0.15) is 5.56 Å². The number of fused-ring (bicyclic) bond motifs is 7. The summed E-state index contributed by atoms with van der Waals surface area (Å²) >= 11 is 0. The summed E-state index contributed by atoms with van der Waals surface area (Å²) in [6.45, 7) is 0.818. The molecule has 1 N–H and O–H groups in total. The first kappa shape index (κ1) is 24.4. The molecular weight excluding hydrogens is 548 g/mol. The summed E-state index contributed by atoms with van der Waals surface area (Å²) in [5, 5.41) is 8.42. The van der Waals surface area contributed by atoms with Gasteiger partial charge in [-0.15, -0.1) is 0 Å². The number of benzene rings is 6. The molecule has 0 bridgehead atoms. The van der Waals surface area contributed by atoms with E-state index in [1.54, 1.807) is 0 Å². The number of hydrogen-bond donors (Lipinski definition) is 1. The van der Waals surface area contributed by atoms with Crippen molar-refractivity contribution in [3.8, 4) is 50.6 Å². The Morgan fingerprint density at radius 2 is 1.24 bits per heavy atom. The van der Waals surface area contributed by atoms with Crippen LogP contribution in [0.5, 0.6) is 0 Å². The highest BCUT2D eigenvalue weighted by atomic mass is 15.1. The van der Waals surface area contributed by atoms with Crippen LogP contribution in [0, 0.1) is 0 Å². The number of hydrogen-bond acceptors (Lipinski definition) is 3. The second kappa shape index (κ2) is 9.25. The number of nitrogens with zero attached hydrogens (tertiary/aromatic N) is 3. The lowest BCUT2D eigenvalue weighted by Crippen LogP contribution is -2.08. The second-order valence-electron chi connectivity index (χ2n) is 11.8. The minimum absolute atomic E-state index is 0.724. The van der Waals surface area contributed by atoms with Gasteiger partial charge in [0.15, 0.2) is 5.82 Å². The third kappa shape index (κ3) is 3.48. The van der Waals surface area contributed by atoms with Gasteiger partial charge < -0.3 is 5.32 Å². The lowest BCUT2D eigenvalue weighted by Gasteiger charge is -2.16. The van der Waals surface area contributed by atoms with E-state index in [9.17, 15) is 0 Å². The van der Waals surface area contributed by atoms with Crippen molar-refractivity contribution in [2.24, 2.45) is 0 Å². The molecule has 0 radical (unpaired) electrons. The largest absolute Gasteiger partial charge is 0.367 e. The fourth-order valence-electron chi connectivity index (χ4n) is 7.39. The molecule has 8 aromatic rings. The van der Waals surface area contributed by atoms with Gasteiger partial charge >= 0.3 is 0 Å². The number of anilines is 1. The summed E-state index contributed by atoms with van der Waals surface area (Å²) in [4.78, 5) is 10.4. The maximum absolute atomic E-state index is 5.29. The molecule has 0 saturated carbocycles. The Hall–Kier alpha value is -6.00. The fraction of sp³-hybridized carbons (Fsp3) is 0.0244. The SMILES string of the molecule is C1=Cc2c(n(-c3ccc(-c4nc(-c5ccc6c7c(cccc57)-c5ccccc5-6)c5ccccc5n4)cc3)c3ccccc23)NC1. The average molecular weight is 575 g/mol. The molecule has 1 aliphatic heterocycles. The van der Waals surface area contributed by atoms with Gasteiger partial charge in [0.1, 0.15) is 5.82 Å². The zero-order valence-corrected chi connectivity index (χ0v) is 24.3. The van der Waals surface area contributed by atoms with E-state index < -0.39 is 0 Å². The molecule has 0 saturated heterocycles. The highest BCUT2D eigenvalue weighted by Gasteiger charge is 2.24. The van der Waals surface area contributed by atoms with Crippen LogP contribution in [0.4, 0.5) is 5.82 Å². The van der Waals surface area contributed by atoms with Gasteiger partial charge in [-0.25, -0.2) is 9.97 Å². The third-order valence-electron chi connectivity index (χ3n) is 9.38. The zero-order chi connectivity index (χ0) is 29.5. The first-order valence-corrected chi connectivity index (χ1v) is 15.4. The highest BCUT2D eigenvalue weighted by Crippen LogP contribution is 2.49. The summed E-state index contributed by atoms with van der Waals surface area (Å²) in [5.41, 5.74) is 12.7. The van der Waals surface area contributed by atoms with Crippen molar-refractivity contribution in [2.75, 3.05) is 11.9 Å². The smallest absolute Gasteiger partial charge is 0.160 e. The topological polar surface area (TPSA) is 42.7 Å². The molecule has 6 aromatic carbocycles. The molecule has 45 heavy (non-hydrogen) atoms. The fourth-order valence-corrected chi connectivity index (χ4v) is 7.39. The molecule has 1 aliphatic carbocycles. The quantitative estimate of drug-likeness (QED) is 0.228. The summed E-state index contributed by atoms with van der Waals surface area (Å²) in [6.07, 6.45) is 4.40. The molecule has 0 unspecified atom stereocenters. The molecule has 0 amide bonds. The number of aromatic nitrogens is 3. The number of rotatable bonds is 3. The minimum Gasteiger partial charge on any atom is -0.367 e. The molecule has 0 atom stereocenters. The molecule has 10 rings (SSSR count). The van der Waals surface area contributed by atoms with Gasteiger partial charge in [-0.05, 0) is 69.4 Å². The van der Waals surface area contributed by atoms with E-state index >= 15 is 0 Å². The minimum atomic E-state index is 0.724. The summed E-state index contributed by atoms with van der Waals surface area (Å²) < 4.78 is 2.31. The monoisotopic (exact) mass is 574 g/mol. The van der Waals surface area contributed by atoms with Crippen molar-refractivity contribution in [1.29, 1.82) is 0 Å². The molecule has 4 nitrogen and oxygen atoms in total. The zero-order valence-electron chi connectivity index (χ0n) is 24.3. The lowest BCUT2D eigenvalue weighted by molar-refractivity contribution is 1.09. The normalized spacial score (nSPS) is 12.9. The maximum atomic E-state index is 5.29. The Morgan fingerprint density at radius 3 is 2.11 bits per heavy atom. The van der Waals surface area contributed by atoms with Gasteiger partial charge in [0.25, 0.3) is 0 Å². The summed E-state index contributed by atoms with van der Waals surface area (Å²) in [5.74, 6) is 1.85. The first-order valence-electron chi connectivity index (χ1n) is 15.4. The van der Waals surface area contributed by atoms with Crippen LogP contribution < -0.4 is 5.32 Å². The second-order valence-corrected chi connectivity index (χ2v) is 11.8. The number of para-hydroxylation sites is 2. The van der Waals surface area contributed by atoms with Crippen molar-refractivity contribution in [3.63, 3.8) is 0 Å². The van der Waals surface area contributed by atoms with E-state index in [4.69, 9.17) is 9.97 Å². The molecule has 0 spiro atoms. The van der Waals surface area contributed by atoms with Gasteiger partial charge in [-0.2, -0.15) is 0 Å². The van der Waals surface area contributed by atoms with Crippen LogP contribution >= 0.6 is 0 Å². The van der Waals surface area contributed by atoms with Gasteiger partial charge in [-0.3, -0.25) is 4.57 Å². The predicted octanol–water partition coefficient (Wildman–Crippen LogP) is 10.1. The molecule has 3 heterocycles. The van der Waals surface area contributed by atoms with Gasteiger partial charge in [0.05, 0.1) is 16.7 Å². The molecule has 0 fully saturated rings. The van der Waals surface area contributed by atoms with E-state index in [1.165, 1.54) is 49.5 Å². The maximum Gasteiger partial charge on any atom is 0.160 e. The van der Waals surface area contributed by atoms with Crippen LogP contribution in [0.3, 0.4) is 0 Å². The van der Waals surface area contributed by atoms with E-state index in [1.807, 2.05) is 0 Å².